The van der Waals surface area contributed by atoms with Gasteiger partial charge in [0.1, 0.15) is 0 Å². The van der Waals surface area contributed by atoms with Crippen LogP contribution in [-0.2, 0) is 10.2 Å². The molecule has 0 aliphatic rings. The van der Waals surface area contributed by atoms with Crippen LogP contribution >= 0.6 is 0 Å². The Balaban J connectivity index is 2.18. The minimum Gasteiger partial charge on any atom is -0.481 e. The summed E-state index contributed by atoms with van der Waals surface area (Å²) < 4.78 is 0. The van der Waals surface area contributed by atoms with Gasteiger partial charge >= 0.3 is 5.97 Å². The summed E-state index contributed by atoms with van der Waals surface area (Å²) in [5, 5.41) is 9.12. The molecule has 0 aromatic heterocycles. The van der Waals surface area contributed by atoms with E-state index in [2.05, 4.69) is 36.4 Å². The van der Waals surface area contributed by atoms with Crippen LogP contribution in [0.2, 0.25) is 0 Å². The van der Waals surface area contributed by atoms with Gasteiger partial charge in [-0.3, -0.25) is 4.79 Å². The molecule has 3 aromatic rings. The number of benzene rings is 3. The molecular formula is C23H22O2. The molecule has 0 saturated carbocycles. The number of carbonyl (C=O) groups is 1. The topological polar surface area (TPSA) is 37.3 Å². The van der Waals surface area contributed by atoms with E-state index in [9.17, 15) is 4.79 Å². The highest BCUT2D eigenvalue weighted by Gasteiger charge is 2.35. The van der Waals surface area contributed by atoms with E-state index in [4.69, 9.17) is 5.11 Å². The second-order valence-corrected chi connectivity index (χ2v) is 6.25. The number of hydrogen-bond acceptors (Lipinski definition) is 1. The quantitative estimate of drug-likeness (QED) is 0.599. The summed E-state index contributed by atoms with van der Waals surface area (Å²) in [6.07, 6.45) is 1.54. The predicted octanol–water partition coefficient (Wildman–Crippen LogP) is 5.28. The van der Waals surface area contributed by atoms with E-state index < -0.39 is 5.97 Å². The van der Waals surface area contributed by atoms with Crippen molar-refractivity contribution in [1.82, 2.24) is 0 Å². The highest BCUT2D eigenvalue weighted by Crippen LogP contribution is 2.43. The van der Waals surface area contributed by atoms with Crippen molar-refractivity contribution < 1.29 is 9.90 Å². The van der Waals surface area contributed by atoms with Gasteiger partial charge in [0.15, 0.2) is 0 Å². The van der Waals surface area contributed by atoms with Crippen molar-refractivity contribution in [3.8, 4) is 0 Å². The van der Waals surface area contributed by atoms with Crippen LogP contribution in [0.3, 0.4) is 0 Å². The summed E-state index contributed by atoms with van der Waals surface area (Å²) >= 11 is 0. The van der Waals surface area contributed by atoms with Crippen molar-refractivity contribution in [3.63, 3.8) is 0 Å². The molecule has 0 spiro atoms. The lowest BCUT2D eigenvalue weighted by Gasteiger charge is -2.36. The molecule has 25 heavy (non-hydrogen) atoms. The Kier molecular flexibility index (Phi) is 5.30. The molecule has 3 aromatic carbocycles. The first-order valence-electron chi connectivity index (χ1n) is 8.62. The molecule has 0 radical (unpaired) electrons. The average Bonchev–Trinajstić information content (AvgIpc) is 2.67. The van der Waals surface area contributed by atoms with Crippen LogP contribution in [0.4, 0.5) is 0 Å². The van der Waals surface area contributed by atoms with Gasteiger partial charge in [0.05, 0.1) is 0 Å². The molecule has 0 heterocycles. The van der Waals surface area contributed by atoms with Crippen LogP contribution in [0.25, 0.3) is 0 Å². The average molecular weight is 330 g/mol. The molecule has 3 rings (SSSR count). The molecule has 2 heteroatoms. The lowest BCUT2D eigenvalue weighted by atomic mass is 9.66. The van der Waals surface area contributed by atoms with Crippen molar-refractivity contribution in [1.29, 1.82) is 0 Å². The zero-order valence-corrected chi connectivity index (χ0v) is 14.1. The smallest absolute Gasteiger partial charge is 0.303 e. The highest BCUT2D eigenvalue weighted by molar-refractivity contribution is 5.66. The van der Waals surface area contributed by atoms with Crippen molar-refractivity contribution in [2.75, 3.05) is 0 Å². The molecule has 0 fully saturated rings. The molecule has 126 valence electrons. The fourth-order valence-corrected chi connectivity index (χ4v) is 3.61. The standard InChI is InChI=1S/C23H22O2/c24-22(25)17-10-18-23(19-11-4-1-5-12-19,20-13-6-2-7-14-20)21-15-8-3-9-16-21/h1-9,11-16H,10,17-18H2,(H,24,25). The van der Waals surface area contributed by atoms with Gasteiger partial charge in [0.25, 0.3) is 0 Å². The summed E-state index contributed by atoms with van der Waals surface area (Å²) in [4.78, 5) is 11.1. The zero-order chi connectivity index (χ0) is 17.5. The third kappa shape index (κ3) is 3.63. The van der Waals surface area contributed by atoms with E-state index in [0.717, 1.165) is 6.42 Å². The summed E-state index contributed by atoms with van der Waals surface area (Å²) in [5.74, 6) is -0.747. The molecule has 0 amide bonds. The second-order valence-electron chi connectivity index (χ2n) is 6.25. The first-order chi connectivity index (χ1) is 12.2. The molecule has 0 saturated heterocycles. The Morgan fingerprint density at radius 2 is 1.04 bits per heavy atom. The minimum atomic E-state index is -0.747. The maximum atomic E-state index is 11.1. The van der Waals surface area contributed by atoms with Gasteiger partial charge in [-0.05, 0) is 29.5 Å². The Bertz CT molecular complexity index is 699. The molecule has 0 aliphatic carbocycles. The largest absolute Gasteiger partial charge is 0.481 e. The monoisotopic (exact) mass is 330 g/mol. The van der Waals surface area contributed by atoms with Crippen LogP contribution in [0.15, 0.2) is 91.0 Å². The van der Waals surface area contributed by atoms with Gasteiger partial charge in [0, 0.05) is 11.8 Å². The van der Waals surface area contributed by atoms with Crippen LogP contribution in [0, 0.1) is 0 Å². The molecular weight excluding hydrogens is 308 g/mol. The Hall–Kier alpha value is -2.87. The molecule has 1 N–H and O–H groups in total. The fraction of sp³-hybridized carbons (Fsp3) is 0.174. The lowest BCUT2D eigenvalue weighted by molar-refractivity contribution is -0.137. The lowest BCUT2D eigenvalue weighted by Crippen LogP contribution is -2.29. The SMILES string of the molecule is O=C(O)CCCC(c1ccccc1)(c1ccccc1)c1ccccc1. The van der Waals surface area contributed by atoms with E-state index in [1.807, 2.05) is 54.6 Å². The summed E-state index contributed by atoms with van der Waals surface area (Å²) in [7, 11) is 0. The Morgan fingerprint density at radius 1 is 0.680 bits per heavy atom. The first-order valence-corrected chi connectivity index (χ1v) is 8.62. The van der Waals surface area contributed by atoms with E-state index in [0.29, 0.717) is 6.42 Å². The zero-order valence-electron chi connectivity index (χ0n) is 14.1. The summed E-state index contributed by atoms with van der Waals surface area (Å²) in [5.41, 5.74) is 3.23. The molecule has 0 atom stereocenters. The van der Waals surface area contributed by atoms with Gasteiger partial charge in [-0.2, -0.15) is 0 Å². The van der Waals surface area contributed by atoms with Crippen LogP contribution in [-0.4, -0.2) is 11.1 Å². The first kappa shape index (κ1) is 17.0. The van der Waals surface area contributed by atoms with Crippen molar-refractivity contribution in [3.05, 3.63) is 108 Å². The normalized spacial score (nSPS) is 11.2. The number of aliphatic carboxylic acids is 1. The van der Waals surface area contributed by atoms with Gasteiger partial charge < -0.3 is 5.11 Å². The summed E-state index contributed by atoms with van der Waals surface area (Å²) in [6.45, 7) is 0. The van der Waals surface area contributed by atoms with Crippen LogP contribution < -0.4 is 0 Å². The maximum absolute atomic E-state index is 11.1. The number of rotatable bonds is 7. The molecule has 0 aliphatic heterocycles. The fourth-order valence-electron chi connectivity index (χ4n) is 3.61. The highest BCUT2D eigenvalue weighted by atomic mass is 16.4. The number of hydrogen-bond donors (Lipinski definition) is 1. The van der Waals surface area contributed by atoms with Crippen LogP contribution in [0.5, 0.6) is 0 Å². The van der Waals surface area contributed by atoms with Gasteiger partial charge in [-0.1, -0.05) is 91.0 Å². The second kappa shape index (κ2) is 7.80. The van der Waals surface area contributed by atoms with E-state index in [1.165, 1.54) is 16.7 Å². The van der Waals surface area contributed by atoms with E-state index >= 15 is 0 Å². The Labute approximate surface area is 148 Å². The molecule has 0 unspecified atom stereocenters. The van der Waals surface area contributed by atoms with E-state index in [-0.39, 0.29) is 11.8 Å². The third-order valence-electron chi connectivity index (χ3n) is 4.74. The van der Waals surface area contributed by atoms with Gasteiger partial charge in [0.2, 0.25) is 0 Å². The molecule has 2 nitrogen and oxygen atoms in total. The number of carboxylic acids is 1. The van der Waals surface area contributed by atoms with E-state index in [1.54, 1.807) is 0 Å². The Morgan fingerprint density at radius 3 is 1.36 bits per heavy atom. The summed E-state index contributed by atoms with van der Waals surface area (Å²) in [6, 6.07) is 31.2. The molecule has 0 bridgehead atoms. The van der Waals surface area contributed by atoms with Crippen molar-refractivity contribution >= 4 is 5.97 Å². The van der Waals surface area contributed by atoms with Gasteiger partial charge in [-0.15, -0.1) is 0 Å². The van der Waals surface area contributed by atoms with Crippen LogP contribution in [0.1, 0.15) is 36.0 Å². The third-order valence-corrected chi connectivity index (χ3v) is 4.74. The maximum Gasteiger partial charge on any atom is 0.303 e. The van der Waals surface area contributed by atoms with Gasteiger partial charge in [-0.25, -0.2) is 0 Å². The minimum absolute atomic E-state index is 0.175. The number of carboxylic acid groups (broad SMARTS) is 1. The predicted molar refractivity (Wildman–Crippen MR) is 101 cm³/mol. The van der Waals surface area contributed by atoms with Crippen molar-refractivity contribution in [2.45, 2.75) is 24.7 Å². The van der Waals surface area contributed by atoms with Crippen molar-refractivity contribution in [2.24, 2.45) is 0 Å².